The highest BCUT2D eigenvalue weighted by molar-refractivity contribution is 5.95. The Labute approximate surface area is 134 Å². The van der Waals surface area contributed by atoms with Crippen LogP contribution in [0.2, 0.25) is 0 Å². The van der Waals surface area contributed by atoms with Crippen molar-refractivity contribution in [1.82, 2.24) is 10.2 Å². The lowest BCUT2D eigenvalue weighted by atomic mass is 10.1. The SMILES string of the molecule is COc1cc(C(=O)N(C)C2CCNC2)ccc1OC(F)F.Cl. The highest BCUT2D eigenvalue weighted by Gasteiger charge is 2.24. The maximum atomic E-state index is 12.4. The zero-order chi connectivity index (χ0) is 15.4. The second-order valence-electron chi connectivity index (χ2n) is 4.81. The Morgan fingerprint density at radius 1 is 1.41 bits per heavy atom. The van der Waals surface area contributed by atoms with E-state index in [0.717, 1.165) is 19.5 Å². The Bertz CT molecular complexity index is 511. The maximum absolute atomic E-state index is 12.4. The number of nitrogens with one attached hydrogen (secondary N) is 1. The molecule has 0 bridgehead atoms. The molecule has 0 spiro atoms. The Balaban J connectivity index is 0.00000242. The third kappa shape index (κ3) is 4.20. The van der Waals surface area contributed by atoms with E-state index in [1.165, 1.54) is 25.3 Å². The van der Waals surface area contributed by atoms with Crippen molar-refractivity contribution >= 4 is 18.3 Å². The molecule has 1 N–H and O–H groups in total. The molecule has 2 rings (SSSR count). The van der Waals surface area contributed by atoms with Gasteiger partial charge < -0.3 is 19.7 Å². The number of nitrogens with zero attached hydrogens (tertiary/aromatic N) is 1. The molecule has 1 aliphatic heterocycles. The minimum Gasteiger partial charge on any atom is -0.493 e. The number of hydrogen-bond acceptors (Lipinski definition) is 4. The van der Waals surface area contributed by atoms with Gasteiger partial charge in [-0.3, -0.25) is 4.79 Å². The number of benzene rings is 1. The molecule has 1 aliphatic rings. The van der Waals surface area contributed by atoms with Gasteiger partial charge in [-0.2, -0.15) is 8.78 Å². The van der Waals surface area contributed by atoms with Gasteiger partial charge in [-0.25, -0.2) is 0 Å². The van der Waals surface area contributed by atoms with Gasteiger partial charge in [0.05, 0.1) is 7.11 Å². The van der Waals surface area contributed by atoms with E-state index in [0.29, 0.717) is 5.56 Å². The Hall–Kier alpha value is -1.60. The van der Waals surface area contributed by atoms with Gasteiger partial charge in [0.2, 0.25) is 0 Å². The van der Waals surface area contributed by atoms with Crippen LogP contribution in [0, 0.1) is 0 Å². The topological polar surface area (TPSA) is 50.8 Å². The minimum atomic E-state index is -2.94. The van der Waals surface area contributed by atoms with Crippen LogP contribution in [0.1, 0.15) is 16.8 Å². The van der Waals surface area contributed by atoms with Gasteiger partial charge in [0, 0.05) is 25.2 Å². The summed E-state index contributed by atoms with van der Waals surface area (Å²) in [6.45, 7) is -1.30. The maximum Gasteiger partial charge on any atom is 0.387 e. The molecule has 0 saturated carbocycles. The van der Waals surface area contributed by atoms with Crippen molar-refractivity contribution < 1.29 is 23.0 Å². The Morgan fingerprint density at radius 3 is 2.68 bits per heavy atom. The molecule has 1 atom stereocenters. The van der Waals surface area contributed by atoms with Crippen LogP contribution in [0.3, 0.4) is 0 Å². The molecule has 1 aromatic carbocycles. The summed E-state index contributed by atoms with van der Waals surface area (Å²) in [5.41, 5.74) is 0.378. The summed E-state index contributed by atoms with van der Waals surface area (Å²) in [6, 6.07) is 4.33. The molecule has 0 aromatic heterocycles. The van der Waals surface area contributed by atoms with Crippen LogP contribution in [0.15, 0.2) is 18.2 Å². The highest BCUT2D eigenvalue weighted by Crippen LogP contribution is 2.30. The first-order chi connectivity index (χ1) is 10.0. The van der Waals surface area contributed by atoms with Crippen LogP contribution in [0.4, 0.5) is 8.78 Å². The molecule has 1 fully saturated rings. The van der Waals surface area contributed by atoms with E-state index in [1.54, 1.807) is 11.9 Å². The quantitative estimate of drug-likeness (QED) is 0.895. The molecule has 1 aromatic rings. The monoisotopic (exact) mass is 336 g/mol. The second-order valence-corrected chi connectivity index (χ2v) is 4.81. The summed E-state index contributed by atoms with van der Waals surface area (Å²) in [5.74, 6) is -0.154. The largest absolute Gasteiger partial charge is 0.493 e. The average Bonchev–Trinajstić information content (AvgIpc) is 2.99. The Morgan fingerprint density at radius 2 is 2.14 bits per heavy atom. The molecular weight excluding hydrogens is 318 g/mol. The smallest absolute Gasteiger partial charge is 0.387 e. The van der Waals surface area contributed by atoms with Crippen molar-refractivity contribution in [2.45, 2.75) is 19.1 Å². The molecule has 5 nitrogen and oxygen atoms in total. The molecule has 0 aliphatic carbocycles. The van der Waals surface area contributed by atoms with Gasteiger partial charge >= 0.3 is 6.61 Å². The van der Waals surface area contributed by atoms with E-state index in [1.807, 2.05) is 0 Å². The number of ether oxygens (including phenoxy) is 2. The fourth-order valence-electron chi connectivity index (χ4n) is 2.33. The van der Waals surface area contributed by atoms with Crippen LogP contribution in [0.25, 0.3) is 0 Å². The van der Waals surface area contributed by atoms with Crippen molar-refractivity contribution in [2.75, 3.05) is 27.2 Å². The van der Waals surface area contributed by atoms with Gasteiger partial charge in [0.15, 0.2) is 11.5 Å². The van der Waals surface area contributed by atoms with E-state index in [-0.39, 0.29) is 35.9 Å². The third-order valence-corrected chi connectivity index (χ3v) is 3.53. The number of methoxy groups -OCH3 is 1. The molecule has 124 valence electrons. The first-order valence-corrected chi connectivity index (χ1v) is 6.63. The van der Waals surface area contributed by atoms with Gasteiger partial charge in [-0.05, 0) is 31.2 Å². The van der Waals surface area contributed by atoms with Crippen LogP contribution in [-0.4, -0.2) is 50.7 Å². The molecule has 1 unspecified atom stereocenters. The van der Waals surface area contributed by atoms with Crippen molar-refractivity contribution in [3.8, 4) is 11.5 Å². The molecule has 1 amide bonds. The summed E-state index contributed by atoms with van der Waals surface area (Å²) in [5, 5.41) is 3.19. The normalized spacial score (nSPS) is 17.0. The lowest BCUT2D eigenvalue weighted by Crippen LogP contribution is -2.38. The molecular formula is C14H19ClF2N2O3. The standard InChI is InChI=1S/C14H18F2N2O3.ClH/c1-18(10-5-6-17-8-10)13(19)9-3-4-11(21-14(15)16)12(7-9)20-2;/h3-4,7,10,14,17H,5-6,8H2,1-2H3;1H. The number of hydrogen-bond donors (Lipinski definition) is 1. The van der Waals surface area contributed by atoms with E-state index in [2.05, 4.69) is 10.1 Å². The summed E-state index contributed by atoms with van der Waals surface area (Å²) in [6.07, 6.45) is 0.895. The van der Waals surface area contributed by atoms with Gasteiger partial charge in [0.1, 0.15) is 0 Å². The zero-order valence-electron chi connectivity index (χ0n) is 12.3. The van der Waals surface area contributed by atoms with E-state index in [4.69, 9.17) is 4.74 Å². The number of halogens is 3. The van der Waals surface area contributed by atoms with Crippen LogP contribution in [0.5, 0.6) is 11.5 Å². The predicted molar refractivity (Wildman–Crippen MR) is 80.2 cm³/mol. The fourth-order valence-corrected chi connectivity index (χ4v) is 2.33. The number of alkyl halides is 2. The minimum absolute atomic E-state index is 0. The van der Waals surface area contributed by atoms with E-state index < -0.39 is 6.61 Å². The van der Waals surface area contributed by atoms with Crippen LogP contribution < -0.4 is 14.8 Å². The lowest BCUT2D eigenvalue weighted by Gasteiger charge is -2.24. The molecule has 0 radical (unpaired) electrons. The second kappa shape index (κ2) is 8.14. The lowest BCUT2D eigenvalue weighted by molar-refractivity contribution is -0.0512. The predicted octanol–water partition coefficient (Wildman–Crippen LogP) is 2.15. The summed E-state index contributed by atoms with van der Waals surface area (Å²) in [7, 11) is 3.07. The molecule has 1 saturated heterocycles. The van der Waals surface area contributed by atoms with Crippen molar-refractivity contribution in [2.24, 2.45) is 0 Å². The molecule has 22 heavy (non-hydrogen) atoms. The van der Waals surface area contributed by atoms with Crippen LogP contribution in [-0.2, 0) is 0 Å². The van der Waals surface area contributed by atoms with Gasteiger partial charge in [-0.15, -0.1) is 12.4 Å². The Kier molecular flexibility index (Phi) is 6.83. The van der Waals surface area contributed by atoms with Gasteiger partial charge in [-0.1, -0.05) is 0 Å². The van der Waals surface area contributed by atoms with Crippen molar-refractivity contribution in [3.63, 3.8) is 0 Å². The number of carbonyl (C=O) groups excluding carboxylic acids is 1. The van der Waals surface area contributed by atoms with Gasteiger partial charge in [0.25, 0.3) is 5.91 Å². The number of rotatable bonds is 5. The molecule has 8 heteroatoms. The number of likely N-dealkylation sites (N-methyl/N-ethyl adjacent to an activating group) is 1. The summed E-state index contributed by atoms with van der Waals surface area (Å²) >= 11 is 0. The number of amides is 1. The summed E-state index contributed by atoms with van der Waals surface area (Å²) < 4.78 is 33.9. The van der Waals surface area contributed by atoms with Crippen molar-refractivity contribution in [1.29, 1.82) is 0 Å². The summed E-state index contributed by atoms with van der Waals surface area (Å²) in [4.78, 5) is 14.0. The zero-order valence-corrected chi connectivity index (χ0v) is 13.2. The fraction of sp³-hybridized carbons (Fsp3) is 0.500. The highest BCUT2D eigenvalue weighted by atomic mass is 35.5. The third-order valence-electron chi connectivity index (χ3n) is 3.53. The first kappa shape index (κ1) is 18.4. The molecule has 1 heterocycles. The van der Waals surface area contributed by atoms with Crippen LogP contribution >= 0.6 is 12.4 Å². The average molecular weight is 337 g/mol. The van der Waals surface area contributed by atoms with E-state index in [9.17, 15) is 13.6 Å². The van der Waals surface area contributed by atoms with E-state index >= 15 is 0 Å². The number of carbonyl (C=O) groups is 1. The first-order valence-electron chi connectivity index (χ1n) is 6.63. The van der Waals surface area contributed by atoms with Crippen molar-refractivity contribution in [3.05, 3.63) is 23.8 Å².